The van der Waals surface area contributed by atoms with E-state index in [2.05, 4.69) is 86.9 Å². The number of carbonyl (C=O) groups is 1. The monoisotopic (exact) mass is 852 g/mol. The first-order chi connectivity index (χ1) is 27.9. The second-order valence-electron chi connectivity index (χ2n) is 12.1. The smallest absolute Gasteiger partial charge is 0.188 e. The second-order valence-corrected chi connectivity index (χ2v) is 12.1. The molecule has 3 heterocycles. The van der Waals surface area contributed by atoms with Gasteiger partial charge in [0.15, 0.2) is 5.96 Å². The van der Waals surface area contributed by atoms with Gasteiger partial charge in [0.1, 0.15) is 31.9 Å². The minimum Gasteiger partial charge on any atom is -0.388 e. The molecule has 0 spiro atoms. The van der Waals surface area contributed by atoms with Crippen molar-refractivity contribution in [2.24, 2.45) is 57.9 Å². The maximum absolute atomic E-state index is 9.44. The van der Waals surface area contributed by atoms with E-state index in [1.807, 2.05) is 65.2 Å². The van der Waals surface area contributed by atoms with Gasteiger partial charge < -0.3 is 53.6 Å². The number of carbonyl (C=O) groups excluding carboxylic acids is 1. The van der Waals surface area contributed by atoms with Crippen molar-refractivity contribution in [3.05, 3.63) is 18.2 Å². The van der Waals surface area contributed by atoms with Crippen LogP contribution in [0.25, 0.3) is 0 Å². The van der Waals surface area contributed by atoms with Crippen LogP contribution < -0.4 is 38.9 Å². The number of guanidine groups is 1. The molecule has 0 saturated carbocycles. The fourth-order valence-corrected chi connectivity index (χ4v) is 1.97. The van der Waals surface area contributed by atoms with Gasteiger partial charge in [0.2, 0.25) is 0 Å². The van der Waals surface area contributed by atoms with E-state index in [0.717, 1.165) is 62.6 Å². The molecular formula is C41H91N18O+. The molecule has 3 rings (SSSR count). The van der Waals surface area contributed by atoms with E-state index in [1.165, 1.54) is 20.3 Å². The number of aromatic amines is 1. The molecule has 0 radical (unpaired) electrons. The Balaban J connectivity index is -0.0000000832. The van der Waals surface area contributed by atoms with Gasteiger partial charge in [0.05, 0.1) is 41.6 Å². The van der Waals surface area contributed by atoms with E-state index in [9.17, 15) is 4.79 Å². The van der Waals surface area contributed by atoms with Gasteiger partial charge >= 0.3 is 0 Å². The average Bonchev–Trinajstić information content (AvgIpc) is 3.89. The Labute approximate surface area is 366 Å². The molecule has 0 atom stereocenters. The van der Waals surface area contributed by atoms with Gasteiger partial charge in [-0.05, 0) is 89.5 Å². The van der Waals surface area contributed by atoms with Gasteiger partial charge in [-0.3, -0.25) is 34.9 Å². The molecule has 19 nitrogen and oxygen atoms in total. The number of nitrogens with one attached hydrogen (secondary N) is 4. The molecule has 12 N–H and O–H groups in total. The highest BCUT2D eigenvalue weighted by atomic mass is 16.1. The number of Topliss-reactive ketones (excluding diaryl/α,β-unsaturated/α-hetero) is 1. The fraction of sp³-hybridized carbons (Fsp3) is 0.659. The SMILES string of the molecule is C#CC.C=[N+](C)CC.CC(C)=O.CC1=NCCCN1.CC1=NCCN1.CCNC(N)=NC.CN=C(C)N.CN=C(C)N.CN=C(C)N.CN=C(C)N(C)C.Cc1ncc[nH]1. The first-order valence-corrected chi connectivity index (χ1v) is 19.4. The molecule has 0 bridgehead atoms. The van der Waals surface area contributed by atoms with E-state index in [0.29, 0.717) is 23.5 Å². The number of H-pyrrole nitrogens is 1. The van der Waals surface area contributed by atoms with Gasteiger partial charge in [-0.15, -0.1) is 12.3 Å². The van der Waals surface area contributed by atoms with Crippen molar-refractivity contribution in [1.82, 2.24) is 30.8 Å². The highest BCUT2D eigenvalue weighted by Crippen LogP contribution is 1.86. The van der Waals surface area contributed by atoms with E-state index in [4.69, 9.17) is 22.9 Å². The molecule has 0 fully saturated rings. The molecule has 60 heavy (non-hydrogen) atoms. The number of aromatic nitrogens is 2. The molecule has 0 aromatic carbocycles. The van der Waals surface area contributed by atoms with Crippen molar-refractivity contribution >= 4 is 53.5 Å². The van der Waals surface area contributed by atoms with Gasteiger partial charge in [0, 0.05) is 87.9 Å². The summed E-state index contributed by atoms with van der Waals surface area (Å²) >= 11 is 0. The largest absolute Gasteiger partial charge is 0.388 e. The zero-order valence-corrected chi connectivity index (χ0v) is 41.6. The van der Waals surface area contributed by atoms with Crippen LogP contribution in [0.2, 0.25) is 0 Å². The molecule has 1 aromatic rings. The van der Waals surface area contributed by atoms with Crippen LogP contribution >= 0.6 is 0 Å². The lowest BCUT2D eigenvalue weighted by Gasteiger charge is -2.08. The standard InChI is InChI=1S/C5H10N2.C5H12N2.C4H11N3.C4H8N2.C4H6N2.C4H10N.3C3H8N2.C3H6O.C3H4/c1-5-6-3-2-4-7-5;1-5(6-2)7(3)4;1-3-7-4(5)6-2;2*1-4-5-2-3-6-4;1-4-5(2)3;3*1-3(4)5-2;1-3(2)4;1-3-2/h2-4H2,1H3,(H,6,7);1-4H3;3H2,1-2H3,(H3,5,6,7);2-3H2,1H3,(H,5,6);2-3H,1H3,(H,5,6);2,4H2,1,3H3;3*1-2H3,(H2,4,5);1-2H3;1H,2H3/q;;;;;+1;;;;;. The lowest BCUT2D eigenvalue weighted by Crippen LogP contribution is -2.30. The van der Waals surface area contributed by atoms with Crippen molar-refractivity contribution < 1.29 is 9.37 Å². The van der Waals surface area contributed by atoms with Crippen molar-refractivity contribution in [1.29, 1.82) is 0 Å². The average molecular weight is 852 g/mol. The third kappa shape index (κ3) is 110. The summed E-state index contributed by atoms with van der Waals surface area (Å²) in [5.41, 5.74) is 20.3. The van der Waals surface area contributed by atoms with Gasteiger partial charge in [-0.25, -0.2) is 9.56 Å². The number of rotatable bonds is 2. The Kier molecular flexibility index (Phi) is 71.7. The van der Waals surface area contributed by atoms with Crippen molar-refractivity contribution in [2.75, 3.05) is 95.6 Å². The van der Waals surface area contributed by atoms with Crippen LogP contribution in [0, 0.1) is 19.3 Å². The normalized spacial score (nSPS) is 12.2. The van der Waals surface area contributed by atoms with Crippen LogP contribution in [-0.2, 0) is 4.79 Å². The number of imidazole rings is 1. The number of hydrogen-bond donors (Lipinski definition) is 8. The third-order valence-electron chi connectivity index (χ3n) is 5.71. The summed E-state index contributed by atoms with van der Waals surface area (Å²) in [6.45, 7) is 31.4. The quantitative estimate of drug-likeness (QED) is 0.0933. The molecule has 0 saturated heterocycles. The first-order valence-electron chi connectivity index (χ1n) is 19.4. The van der Waals surface area contributed by atoms with Crippen molar-refractivity contribution in [2.45, 2.75) is 89.5 Å². The summed E-state index contributed by atoms with van der Waals surface area (Å²) in [4.78, 5) is 44.7. The number of terminal acetylenes is 1. The Morgan fingerprint density at radius 2 is 1.20 bits per heavy atom. The third-order valence-corrected chi connectivity index (χ3v) is 5.71. The number of aliphatic imine (C=N–C) groups is 7. The Morgan fingerprint density at radius 1 is 0.833 bits per heavy atom. The minimum atomic E-state index is 0.167. The highest BCUT2D eigenvalue weighted by Gasteiger charge is 1.94. The van der Waals surface area contributed by atoms with E-state index < -0.39 is 0 Å². The summed E-state index contributed by atoms with van der Waals surface area (Å²) in [6.07, 6.45) is 9.32. The zero-order chi connectivity index (χ0) is 48.9. The Bertz CT molecular complexity index is 1300. The second kappa shape index (κ2) is 59.9. The molecule has 0 amide bonds. The lowest BCUT2D eigenvalue weighted by molar-refractivity contribution is -0.484. The van der Waals surface area contributed by atoms with E-state index in [1.54, 1.807) is 75.3 Å². The highest BCUT2D eigenvalue weighted by molar-refractivity contribution is 5.81. The number of nitrogens with two attached hydrogens (primary N) is 4. The summed E-state index contributed by atoms with van der Waals surface area (Å²) in [6, 6.07) is 0. The maximum atomic E-state index is 9.44. The minimum absolute atomic E-state index is 0.167. The molecule has 19 heteroatoms. The van der Waals surface area contributed by atoms with Crippen LogP contribution in [0.3, 0.4) is 0 Å². The van der Waals surface area contributed by atoms with Crippen LogP contribution in [0.4, 0.5) is 0 Å². The first kappa shape index (κ1) is 71.9. The van der Waals surface area contributed by atoms with E-state index >= 15 is 0 Å². The fourth-order valence-electron chi connectivity index (χ4n) is 1.97. The number of aryl methyl sites for hydroxylation is 1. The predicted molar refractivity (Wildman–Crippen MR) is 268 cm³/mol. The van der Waals surface area contributed by atoms with Crippen molar-refractivity contribution in [3.8, 4) is 12.3 Å². The summed E-state index contributed by atoms with van der Waals surface area (Å²) in [5.74, 6) is 9.00. The lowest BCUT2D eigenvalue weighted by atomic mass is 10.4. The predicted octanol–water partition coefficient (Wildman–Crippen LogP) is 2.82. The summed E-state index contributed by atoms with van der Waals surface area (Å²) in [5, 5.41) is 9.02. The Hall–Kier alpha value is -5.80. The molecule has 0 aliphatic carbocycles. The van der Waals surface area contributed by atoms with Gasteiger partial charge in [-0.1, -0.05) is 0 Å². The number of nitrogens with zero attached hydrogens (tertiary/aromatic N) is 10. The van der Waals surface area contributed by atoms with Crippen LogP contribution in [0.5, 0.6) is 0 Å². The number of amidine groups is 6. The summed E-state index contributed by atoms with van der Waals surface area (Å²) < 4.78 is 1.88. The molecule has 1 aromatic heterocycles. The van der Waals surface area contributed by atoms with Gasteiger partial charge in [-0.2, -0.15) is 0 Å². The summed E-state index contributed by atoms with van der Waals surface area (Å²) in [7, 11) is 14.3. The molecular weight excluding hydrogens is 761 g/mol. The van der Waals surface area contributed by atoms with E-state index in [-0.39, 0.29) is 5.78 Å². The molecule has 350 valence electrons. The maximum Gasteiger partial charge on any atom is 0.188 e. The topological polar surface area (TPSA) is 279 Å². The Morgan fingerprint density at radius 3 is 1.28 bits per heavy atom. The van der Waals surface area contributed by atoms with Crippen LogP contribution in [0.1, 0.15) is 88.4 Å². The number of hydrogen-bond acceptors (Lipinski definition) is 11. The molecule has 2 aliphatic rings. The molecule has 0 unspecified atom stereocenters. The zero-order valence-electron chi connectivity index (χ0n) is 41.6. The van der Waals surface area contributed by atoms with Crippen LogP contribution in [-0.4, -0.2) is 169 Å². The van der Waals surface area contributed by atoms with Crippen LogP contribution in [0.15, 0.2) is 47.3 Å². The number of ketones is 1. The van der Waals surface area contributed by atoms with Gasteiger partial charge in [0.25, 0.3) is 0 Å². The molecule has 2 aliphatic heterocycles. The van der Waals surface area contributed by atoms with Crippen molar-refractivity contribution in [3.63, 3.8) is 0 Å².